The Morgan fingerprint density at radius 3 is 2.27 bits per heavy atom. The minimum Gasteiger partial charge on any atom is -0.508 e. The van der Waals surface area contributed by atoms with Crippen molar-refractivity contribution in [1.82, 2.24) is 10.2 Å². The summed E-state index contributed by atoms with van der Waals surface area (Å²) in [5.74, 6) is 0.458. The molecule has 0 aliphatic carbocycles. The molecule has 6 nitrogen and oxygen atoms in total. The van der Waals surface area contributed by atoms with Crippen LogP contribution in [0, 0.1) is 0 Å². The molecule has 0 saturated carbocycles. The summed E-state index contributed by atoms with van der Waals surface area (Å²) in [6.07, 6.45) is 3.25. The van der Waals surface area contributed by atoms with Crippen LogP contribution in [0.4, 0.5) is 5.82 Å². The van der Waals surface area contributed by atoms with Crippen LogP contribution < -0.4 is 4.90 Å². The first-order valence-electron chi connectivity index (χ1n) is 12.7. The van der Waals surface area contributed by atoms with Gasteiger partial charge in [0.05, 0.1) is 11.3 Å². The van der Waals surface area contributed by atoms with Gasteiger partial charge in [-0.3, -0.25) is 4.79 Å². The van der Waals surface area contributed by atoms with Gasteiger partial charge in [-0.15, -0.1) is 10.2 Å². The van der Waals surface area contributed by atoms with Crippen LogP contribution in [-0.4, -0.2) is 39.3 Å². The van der Waals surface area contributed by atoms with Crippen molar-refractivity contribution in [3.05, 3.63) is 102 Å². The molecule has 0 radical (unpaired) electrons. The molecule has 1 aliphatic rings. The largest absolute Gasteiger partial charge is 0.508 e. The highest BCUT2D eigenvalue weighted by molar-refractivity contribution is 5.99. The molecule has 6 heteroatoms. The van der Waals surface area contributed by atoms with Gasteiger partial charge in [-0.1, -0.05) is 61.5 Å². The zero-order valence-corrected chi connectivity index (χ0v) is 21.0. The number of rotatable bonds is 8. The van der Waals surface area contributed by atoms with Crippen LogP contribution in [0.2, 0.25) is 0 Å². The Morgan fingerprint density at radius 2 is 1.62 bits per heavy atom. The van der Waals surface area contributed by atoms with Crippen molar-refractivity contribution >= 4 is 11.6 Å². The average Bonchev–Trinajstić information content (AvgIpc) is 3.44. The Labute approximate surface area is 217 Å². The normalized spacial score (nSPS) is 14.9. The highest BCUT2D eigenvalue weighted by atomic mass is 16.3. The average molecular weight is 494 g/mol. The predicted molar refractivity (Wildman–Crippen MR) is 145 cm³/mol. The zero-order chi connectivity index (χ0) is 25.8. The molecule has 37 heavy (non-hydrogen) atoms. The number of carbonyl (C=O) groups is 1. The third-order valence-corrected chi connectivity index (χ3v) is 7.23. The number of phenolic OH excluding ortho intramolecular Hbond substituents is 2. The molecule has 1 fully saturated rings. The van der Waals surface area contributed by atoms with Crippen LogP contribution in [0.15, 0.2) is 84.9 Å². The van der Waals surface area contributed by atoms with Gasteiger partial charge in [-0.05, 0) is 54.7 Å². The summed E-state index contributed by atoms with van der Waals surface area (Å²) < 4.78 is 0. The van der Waals surface area contributed by atoms with Crippen LogP contribution in [0.5, 0.6) is 11.5 Å². The van der Waals surface area contributed by atoms with Gasteiger partial charge in [0, 0.05) is 36.6 Å². The maximum atomic E-state index is 13.3. The summed E-state index contributed by atoms with van der Waals surface area (Å²) >= 11 is 0. The Balaban J connectivity index is 1.42. The third-order valence-electron chi connectivity index (χ3n) is 7.23. The second kappa shape index (κ2) is 10.4. The van der Waals surface area contributed by atoms with E-state index in [2.05, 4.69) is 46.3 Å². The molecule has 3 aromatic carbocycles. The molecule has 0 spiro atoms. The molecule has 2 N–H and O–H groups in total. The van der Waals surface area contributed by atoms with Gasteiger partial charge in [0.15, 0.2) is 11.6 Å². The summed E-state index contributed by atoms with van der Waals surface area (Å²) in [6, 6.07) is 26.4. The maximum Gasteiger partial charge on any atom is 0.167 e. The van der Waals surface area contributed by atoms with Crippen molar-refractivity contribution < 1.29 is 15.0 Å². The first kappa shape index (κ1) is 24.5. The number of anilines is 1. The summed E-state index contributed by atoms with van der Waals surface area (Å²) in [7, 11) is 0. The number of ketones is 1. The van der Waals surface area contributed by atoms with Crippen molar-refractivity contribution in [2.45, 2.75) is 38.0 Å². The van der Waals surface area contributed by atoms with Crippen molar-refractivity contribution in [3.63, 3.8) is 0 Å². The molecule has 1 unspecified atom stereocenters. The highest BCUT2D eigenvalue weighted by Gasteiger charge is 2.31. The Hall–Kier alpha value is -4.19. The Bertz CT molecular complexity index is 1370. The van der Waals surface area contributed by atoms with Crippen molar-refractivity contribution in [3.8, 4) is 22.8 Å². The molecule has 0 amide bonds. The highest BCUT2D eigenvalue weighted by Crippen LogP contribution is 2.36. The molecule has 2 heterocycles. The first-order chi connectivity index (χ1) is 17.9. The fraction of sp³-hybridized carbons (Fsp3) is 0.258. The summed E-state index contributed by atoms with van der Waals surface area (Å²) in [4.78, 5) is 15.6. The van der Waals surface area contributed by atoms with E-state index in [1.807, 2.05) is 42.5 Å². The van der Waals surface area contributed by atoms with Gasteiger partial charge >= 0.3 is 0 Å². The number of phenols is 2. The van der Waals surface area contributed by atoms with E-state index in [4.69, 9.17) is 0 Å². The van der Waals surface area contributed by atoms with Gasteiger partial charge in [-0.25, -0.2) is 0 Å². The lowest BCUT2D eigenvalue weighted by atomic mass is 9.73. The fourth-order valence-electron chi connectivity index (χ4n) is 5.16. The lowest BCUT2D eigenvalue weighted by molar-refractivity contribution is 0.0950. The van der Waals surface area contributed by atoms with Gasteiger partial charge < -0.3 is 15.1 Å². The van der Waals surface area contributed by atoms with Crippen LogP contribution in [0.1, 0.15) is 47.7 Å². The van der Waals surface area contributed by atoms with E-state index < -0.39 is 5.41 Å². The summed E-state index contributed by atoms with van der Waals surface area (Å²) in [5.41, 5.74) is 3.61. The number of aromatic nitrogens is 2. The molecular weight excluding hydrogens is 462 g/mol. The number of nitrogens with zero attached hydrogens (tertiary/aromatic N) is 3. The monoisotopic (exact) mass is 493 g/mol. The molecule has 5 rings (SSSR count). The van der Waals surface area contributed by atoms with Crippen LogP contribution in [-0.2, 0) is 11.8 Å². The van der Waals surface area contributed by atoms with E-state index in [0.29, 0.717) is 6.42 Å². The van der Waals surface area contributed by atoms with Gasteiger partial charge in [0.25, 0.3) is 0 Å². The Kier molecular flexibility index (Phi) is 6.91. The molecule has 4 aromatic rings. The van der Waals surface area contributed by atoms with Crippen molar-refractivity contribution in [2.75, 3.05) is 18.0 Å². The zero-order valence-electron chi connectivity index (χ0n) is 21.0. The second-order valence-corrected chi connectivity index (χ2v) is 10.1. The fourth-order valence-corrected chi connectivity index (χ4v) is 5.16. The van der Waals surface area contributed by atoms with Crippen LogP contribution in [0.3, 0.4) is 0 Å². The smallest absolute Gasteiger partial charge is 0.167 e. The molecule has 1 aromatic heterocycles. The molecule has 1 aliphatic heterocycles. The van der Waals surface area contributed by atoms with E-state index in [1.165, 1.54) is 31.0 Å². The summed E-state index contributed by atoms with van der Waals surface area (Å²) in [6.45, 7) is 4.14. The number of carbonyl (C=O) groups excluding carboxylic acids is 1. The van der Waals surface area contributed by atoms with Crippen LogP contribution in [0.25, 0.3) is 11.3 Å². The number of aromatic hydroxyl groups is 2. The minimum absolute atomic E-state index is 0.0757. The molecule has 0 bridgehead atoms. The first-order valence-corrected chi connectivity index (χ1v) is 12.7. The maximum absolute atomic E-state index is 13.3. The number of Topliss-reactive ketones (excluding diaryl/α,β-unsaturated/α-hetero) is 1. The number of benzene rings is 3. The second-order valence-electron chi connectivity index (χ2n) is 10.1. The molecule has 1 saturated heterocycles. The third kappa shape index (κ3) is 5.48. The van der Waals surface area contributed by atoms with Crippen LogP contribution >= 0.6 is 0 Å². The molecule has 188 valence electrons. The minimum atomic E-state index is -0.521. The Morgan fingerprint density at radius 1 is 0.892 bits per heavy atom. The predicted octanol–water partition coefficient (Wildman–Crippen LogP) is 5.93. The number of hydrogen-bond acceptors (Lipinski definition) is 6. The molecule has 1 atom stereocenters. The van der Waals surface area contributed by atoms with Crippen molar-refractivity contribution in [2.24, 2.45) is 0 Å². The molecular formula is C31H31N3O3. The topological polar surface area (TPSA) is 86.5 Å². The van der Waals surface area contributed by atoms with E-state index in [-0.39, 0.29) is 29.3 Å². The van der Waals surface area contributed by atoms with Crippen molar-refractivity contribution in [1.29, 1.82) is 0 Å². The quantitative estimate of drug-likeness (QED) is 0.296. The SMILES string of the molecule is CC(CC(=O)c1ccc(O)cc1O)(Cc1ccccc1)c1ccc(-c2ccc(N3CCCC3)nn2)cc1. The summed E-state index contributed by atoms with van der Waals surface area (Å²) in [5, 5.41) is 28.8. The van der Waals surface area contributed by atoms with E-state index in [9.17, 15) is 15.0 Å². The van der Waals surface area contributed by atoms with E-state index >= 15 is 0 Å². The lowest BCUT2D eigenvalue weighted by Crippen LogP contribution is -2.28. The van der Waals surface area contributed by atoms with Gasteiger partial charge in [0.2, 0.25) is 0 Å². The van der Waals surface area contributed by atoms with Gasteiger partial charge in [0.1, 0.15) is 11.5 Å². The number of hydrogen-bond donors (Lipinski definition) is 2. The van der Waals surface area contributed by atoms with E-state index in [1.54, 1.807) is 0 Å². The standard InChI is InChI=1S/C31H31N3O3/c1-31(20-22-7-3-2-4-8-22,21-29(37)26-14-13-25(35)19-28(26)36)24-11-9-23(10-12-24)27-15-16-30(33-32-27)34-17-5-6-18-34/h2-4,7-16,19,35-36H,5-6,17-18,20-21H2,1H3. The van der Waals surface area contributed by atoms with Gasteiger partial charge in [-0.2, -0.15) is 0 Å². The van der Waals surface area contributed by atoms with E-state index in [0.717, 1.165) is 41.3 Å². The lowest BCUT2D eigenvalue weighted by Gasteiger charge is -2.30.